The summed E-state index contributed by atoms with van der Waals surface area (Å²) >= 11 is 0. The van der Waals surface area contributed by atoms with Gasteiger partial charge in [-0.3, -0.25) is 14.5 Å². The monoisotopic (exact) mass is 317 g/mol. The number of carbonyl (C=O) groups is 2. The Kier molecular flexibility index (Phi) is 8.09. The smallest absolute Gasteiger partial charge is 0.377 e. The van der Waals surface area contributed by atoms with Crippen molar-refractivity contribution in [3.8, 4) is 0 Å². The second kappa shape index (κ2) is 9.29. The van der Waals surface area contributed by atoms with E-state index < -0.39 is 8.80 Å². The quantitative estimate of drug-likeness (QED) is 0.506. The fourth-order valence-electron chi connectivity index (χ4n) is 2.56. The Hall–Kier alpha value is -0.763. The summed E-state index contributed by atoms with van der Waals surface area (Å²) in [5.41, 5.74) is 0. The van der Waals surface area contributed by atoms with Crippen molar-refractivity contribution in [3.05, 3.63) is 0 Å². The van der Waals surface area contributed by atoms with Crippen molar-refractivity contribution in [2.75, 3.05) is 27.9 Å². The molecule has 1 aliphatic heterocycles. The van der Waals surface area contributed by atoms with Gasteiger partial charge in [0, 0.05) is 46.8 Å². The number of likely N-dealkylation sites (tertiary alicyclic amines) is 1. The third-order valence-electron chi connectivity index (χ3n) is 3.93. The van der Waals surface area contributed by atoms with Gasteiger partial charge in [-0.15, -0.1) is 0 Å². The molecule has 0 aromatic carbocycles. The fourth-order valence-corrected chi connectivity index (χ4v) is 4.35. The number of rotatable bonds is 8. The summed E-state index contributed by atoms with van der Waals surface area (Å²) in [6.07, 6.45) is 5.24. The van der Waals surface area contributed by atoms with Crippen molar-refractivity contribution in [2.45, 2.75) is 51.0 Å². The van der Waals surface area contributed by atoms with E-state index in [-0.39, 0.29) is 11.8 Å². The normalized spacial score (nSPS) is 16.9. The zero-order valence-corrected chi connectivity index (χ0v) is 14.4. The number of unbranched alkanes of at least 4 members (excludes halogenated alkanes) is 1. The van der Waals surface area contributed by atoms with Crippen LogP contribution in [0.5, 0.6) is 0 Å². The largest absolute Gasteiger partial charge is 0.500 e. The molecule has 0 bridgehead atoms. The van der Waals surface area contributed by atoms with Crippen LogP contribution in [0.3, 0.4) is 0 Å². The van der Waals surface area contributed by atoms with Gasteiger partial charge in [0.05, 0.1) is 0 Å². The minimum absolute atomic E-state index is 0.0214. The second-order valence-electron chi connectivity index (χ2n) is 5.25. The van der Waals surface area contributed by atoms with Crippen LogP contribution in [0.1, 0.15) is 44.9 Å². The van der Waals surface area contributed by atoms with Crippen LogP contribution in [0.25, 0.3) is 0 Å². The minimum atomic E-state index is -2.54. The highest BCUT2D eigenvalue weighted by molar-refractivity contribution is 6.60. The molecule has 0 aromatic heterocycles. The molecule has 1 heterocycles. The summed E-state index contributed by atoms with van der Waals surface area (Å²) in [4.78, 5) is 25.4. The summed E-state index contributed by atoms with van der Waals surface area (Å²) in [6, 6.07) is 0.678. The van der Waals surface area contributed by atoms with E-state index in [2.05, 4.69) is 0 Å². The first-order valence-electron chi connectivity index (χ1n) is 7.57. The molecule has 1 aliphatic rings. The number of imide groups is 1. The molecule has 0 radical (unpaired) electrons. The van der Waals surface area contributed by atoms with Gasteiger partial charge in [-0.25, -0.2) is 0 Å². The third kappa shape index (κ3) is 5.50. The zero-order valence-electron chi connectivity index (χ0n) is 13.4. The van der Waals surface area contributed by atoms with Gasteiger partial charge in [0.15, 0.2) is 0 Å². The molecule has 7 heteroatoms. The van der Waals surface area contributed by atoms with Crippen molar-refractivity contribution in [1.29, 1.82) is 0 Å². The Morgan fingerprint density at radius 1 is 1.10 bits per heavy atom. The molecule has 0 saturated carbocycles. The first-order valence-corrected chi connectivity index (χ1v) is 9.50. The SMILES string of the molecule is CO[Si](CCCCC(=O)N1CCCCCC1=O)(OC)OC. The Morgan fingerprint density at radius 2 is 1.76 bits per heavy atom. The number of hydrogen-bond donors (Lipinski definition) is 0. The highest BCUT2D eigenvalue weighted by Crippen LogP contribution is 2.18. The predicted molar refractivity (Wildman–Crippen MR) is 80.6 cm³/mol. The van der Waals surface area contributed by atoms with Gasteiger partial charge in [0.1, 0.15) is 0 Å². The van der Waals surface area contributed by atoms with Crippen LogP contribution >= 0.6 is 0 Å². The summed E-state index contributed by atoms with van der Waals surface area (Å²) < 4.78 is 16.0. The van der Waals surface area contributed by atoms with Crippen LogP contribution < -0.4 is 0 Å². The molecule has 0 spiro atoms. The van der Waals surface area contributed by atoms with E-state index in [4.69, 9.17) is 13.3 Å². The lowest BCUT2D eigenvalue weighted by Gasteiger charge is -2.24. The molecule has 2 amide bonds. The highest BCUT2D eigenvalue weighted by Gasteiger charge is 2.36. The van der Waals surface area contributed by atoms with E-state index in [0.29, 0.717) is 31.9 Å². The molecule has 0 aromatic rings. The van der Waals surface area contributed by atoms with E-state index in [9.17, 15) is 9.59 Å². The fraction of sp³-hybridized carbons (Fsp3) is 0.857. The number of amides is 2. The van der Waals surface area contributed by atoms with Gasteiger partial charge >= 0.3 is 8.80 Å². The highest BCUT2D eigenvalue weighted by atomic mass is 28.4. The number of nitrogens with zero attached hydrogens (tertiary/aromatic N) is 1. The van der Waals surface area contributed by atoms with Crippen molar-refractivity contribution in [1.82, 2.24) is 4.90 Å². The Morgan fingerprint density at radius 3 is 2.38 bits per heavy atom. The van der Waals surface area contributed by atoms with Gasteiger partial charge < -0.3 is 13.3 Å². The molecule has 0 N–H and O–H groups in total. The maximum atomic E-state index is 12.1. The first-order chi connectivity index (χ1) is 10.1. The van der Waals surface area contributed by atoms with Crippen molar-refractivity contribution in [2.24, 2.45) is 0 Å². The molecule has 0 atom stereocenters. The lowest BCUT2D eigenvalue weighted by molar-refractivity contribution is -0.144. The molecular weight excluding hydrogens is 290 g/mol. The molecular formula is C14H27NO5Si. The van der Waals surface area contributed by atoms with Gasteiger partial charge in [-0.2, -0.15) is 0 Å². The Labute approximate surface area is 128 Å². The van der Waals surface area contributed by atoms with Crippen LogP contribution in [0.15, 0.2) is 0 Å². The van der Waals surface area contributed by atoms with E-state index in [0.717, 1.165) is 25.7 Å². The third-order valence-corrected chi connectivity index (χ3v) is 6.76. The van der Waals surface area contributed by atoms with E-state index >= 15 is 0 Å². The van der Waals surface area contributed by atoms with Gasteiger partial charge in [-0.1, -0.05) is 6.42 Å². The van der Waals surface area contributed by atoms with E-state index in [1.54, 1.807) is 21.3 Å². The standard InChI is InChI=1S/C14H27NO5Si/c1-18-21(19-2,20-3)12-8-6-10-14(17)15-11-7-4-5-9-13(15)16/h4-12H2,1-3H3. The van der Waals surface area contributed by atoms with Crippen molar-refractivity contribution < 1.29 is 22.9 Å². The van der Waals surface area contributed by atoms with Crippen LogP contribution in [0.4, 0.5) is 0 Å². The molecule has 1 saturated heterocycles. The molecule has 1 rings (SSSR count). The molecule has 1 fully saturated rings. The molecule has 0 unspecified atom stereocenters. The van der Waals surface area contributed by atoms with E-state index in [1.807, 2.05) is 0 Å². The minimum Gasteiger partial charge on any atom is -0.377 e. The summed E-state index contributed by atoms with van der Waals surface area (Å²) in [7, 11) is 2.21. The van der Waals surface area contributed by atoms with Crippen molar-refractivity contribution in [3.63, 3.8) is 0 Å². The van der Waals surface area contributed by atoms with E-state index in [1.165, 1.54) is 4.90 Å². The topological polar surface area (TPSA) is 65.1 Å². The Balaban J connectivity index is 2.34. The molecule has 21 heavy (non-hydrogen) atoms. The number of carbonyl (C=O) groups excluding carboxylic acids is 2. The number of hydrogen-bond acceptors (Lipinski definition) is 5. The molecule has 122 valence electrons. The average molecular weight is 317 g/mol. The van der Waals surface area contributed by atoms with Crippen LogP contribution in [0.2, 0.25) is 6.04 Å². The Bertz CT molecular complexity index is 338. The van der Waals surface area contributed by atoms with Crippen LogP contribution in [0, 0.1) is 0 Å². The zero-order chi connectivity index (χ0) is 15.7. The van der Waals surface area contributed by atoms with Gasteiger partial charge in [0.2, 0.25) is 11.8 Å². The van der Waals surface area contributed by atoms with Crippen molar-refractivity contribution >= 4 is 20.6 Å². The average Bonchev–Trinajstić information content (AvgIpc) is 2.72. The second-order valence-corrected chi connectivity index (χ2v) is 8.34. The lowest BCUT2D eigenvalue weighted by Crippen LogP contribution is -2.42. The molecule has 6 nitrogen and oxygen atoms in total. The summed E-state index contributed by atoms with van der Waals surface area (Å²) in [5, 5.41) is 0. The maximum Gasteiger partial charge on any atom is 0.500 e. The summed E-state index contributed by atoms with van der Waals surface area (Å²) in [6.45, 7) is 0.574. The molecule has 0 aliphatic carbocycles. The first kappa shape index (κ1) is 18.3. The van der Waals surface area contributed by atoms with Crippen LogP contribution in [-0.2, 0) is 22.9 Å². The summed E-state index contributed by atoms with van der Waals surface area (Å²) in [5.74, 6) is -0.0756. The lowest BCUT2D eigenvalue weighted by atomic mass is 10.2. The predicted octanol–water partition coefficient (Wildman–Crippen LogP) is 1.96. The van der Waals surface area contributed by atoms with Gasteiger partial charge in [0.25, 0.3) is 0 Å². The maximum absolute atomic E-state index is 12.1. The van der Waals surface area contributed by atoms with Gasteiger partial charge in [-0.05, 0) is 25.7 Å². The van der Waals surface area contributed by atoms with Crippen LogP contribution in [-0.4, -0.2) is 53.4 Å².